The van der Waals surface area contributed by atoms with Crippen LogP contribution in [0.4, 0.5) is 0 Å². The highest BCUT2D eigenvalue weighted by atomic mass is 16.5. The molecule has 1 aromatic carbocycles. The Morgan fingerprint density at radius 3 is 2.72 bits per heavy atom. The summed E-state index contributed by atoms with van der Waals surface area (Å²) in [5.74, 6) is 1.61. The number of nitrogens with zero attached hydrogens (tertiary/aromatic N) is 2. The Kier molecular flexibility index (Phi) is 6.67. The summed E-state index contributed by atoms with van der Waals surface area (Å²) in [6.07, 6.45) is 2.54. The Morgan fingerprint density at radius 2 is 2.08 bits per heavy atom. The fourth-order valence-corrected chi connectivity index (χ4v) is 3.33. The molecule has 0 unspecified atom stereocenters. The molecule has 25 heavy (non-hydrogen) atoms. The fourth-order valence-electron chi connectivity index (χ4n) is 3.33. The van der Waals surface area contributed by atoms with E-state index in [4.69, 9.17) is 9.47 Å². The van der Waals surface area contributed by atoms with Gasteiger partial charge in [-0.3, -0.25) is 9.69 Å². The molecule has 0 spiro atoms. The second kappa shape index (κ2) is 8.54. The Labute approximate surface area is 150 Å². The van der Waals surface area contributed by atoms with Gasteiger partial charge in [-0.25, -0.2) is 0 Å². The number of benzene rings is 1. The molecule has 1 atom stereocenters. The summed E-state index contributed by atoms with van der Waals surface area (Å²) in [5.41, 5.74) is 0.265. The van der Waals surface area contributed by atoms with Crippen molar-refractivity contribution in [1.82, 2.24) is 9.80 Å². The standard InChI is InChI=1S/C19H30N2O4/c1-20(2)18(22)8-10-19(23)9-5-11-21(14-19)13-15-6-7-16(24-3)12-17(15)25-4/h6-7,12,23H,5,8-11,13-14H2,1-4H3/t19-/m0/s1. The largest absolute Gasteiger partial charge is 0.497 e. The highest BCUT2D eigenvalue weighted by Gasteiger charge is 2.33. The van der Waals surface area contributed by atoms with Crippen LogP contribution in [0.2, 0.25) is 0 Å². The van der Waals surface area contributed by atoms with E-state index in [2.05, 4.69) is 4.90 Å². The third-order valence-electron chi connectivity index (χ3n) is 4.83. The molecule has 6 nitrogen and oxygen atoms in total. The number of aliphatic hydroxyl groups is 1. The number of hydrogen-bond acceptors (Lipinski definition) is 5. The van der Waals surface area contributed by atoms with E-state index < -0.39 is 5.60 Å². The summed E-state index contributed by atoms with van der Waals surface area (Å²) in [7, 11) is 6.77. The Balaban J connectivity index is 2.00. The number of piperidine rings is 1. The van der Waals surface area contributed by atoms with Crippen molar-refractivity contribution in [3.05, 3.63) is 23.8 Å². The van der Waals surface area contributed by atoms with Crippen molar-refractivity contribution >= 4 is 5.91 Å². The fraction of sp³-hybridized carbons (Fsp3) is 0.632. The van der Waals surface area contributed by atoms with Crippen molar-refractivity contribution in [2.24, 2.45) is 0 Å². The molecule has 0 aromatic heterocycles. The number of rotatable bonds is 7. The molecular weight excluding hydrogens is 320 g/mol. The van der Waals surface area contributed by atoms with E-state index in [0.29, 0.717) is 25.9 Å². The van der Waals surface area contributed by atoms with Crippen LogP contribution >= 0.6 is 0 Å². The van der Waals surface area contributed by atoms with Gasteiger partial charge in [0.25, 0.3) is 0 Å². The van der Waals surface area contributed by atoms with Crippen molar-refractivity contribution in [1.29, 1.82) is 0 Å². The molecule has 1 aliphatic rings. The molecule has 1 fully saturated rings. The average molecular weight is 350 g/mol. The summed E-state index contributed by atoms with van der Waals surface area (Å²) in [6, 6.07) is 5.80. The highest BCUT2D eigenvalue weighted by Crippen LogP contribution is 2.30. The van der Waals surface area contributed by atoms with E-state index in [0.717, 1.165) is 36.4 Å². The second-order valence-electron chi connectivity index (χ2n) is 7.00. The minimum Gasteiger partial charge on any atom is -0.497 e. The number of likely N-dealkylation sites (tertiary alicyclic amines) is 1. The van der Waals surface area contributed by atoms with Gasteiger partial charge in [0, 0.05) is 45.2 Å². The molecule has 1 aromatic rings. The summed E-state index contributed by atoms with van der Waals surface area (Å²) in [4.78, 5) is 15.6. The van der Waals surface area contributed by atoms with Crippen LogP contribution in [0.3, 0.4) is 0 Å². The maximum atomic E-state index is 11.8. The lowest BCUT2D eigenvalue weighted by molar-refractivity contribution is -0.130. The highest BCUT2D eigenvalue weighted by molar-refractivity contribution is 5.75. The molecule has 0 radical (unpaired) electrons. The minimum atomic E-state index is -0.802. The molecular formula is C19H30N2O4. The van der Waals surface area contributed by atoms with Crippen LogP contribution in [0, 0.1) is 0 Å². The van der Waals surface area contributed by atoms with Crippen LogP contribution in [0.15, 0.2) is 18.2 Å². The molecule has 140 valence electrons. The van der Waals surface area contributed by atoms with Gasteiger partial charge in [-0.15, -0.1) is 0 Å². The normalized spacial score (nSPS) is 21.0. The van der Waals surface area contributed by atoms with E-state index >= 15 is 0 Å². The molecule has 0 aliphatic carbocycles. The van der Waals surface area contributed by atoms with Gasteiger partial charge >= 0.3 is 0 Å². The van der Waals surface area contributed by atoms with Gasteiger partial charge in [-0.1, -0.05) is 6.07 Å². The SMILES string of the molecule is COc1ccc(CN2CCC[C@](O)(CCC(=O)N(C)C)C2)c(OC)c1. The van der Waals surface area contributed by atoms with Crippen molar-refractivity contribution in [3.8, 4) is 11.5 Å². The van der Waals surface area contributed by atoms with Gasteiger partial charge in [0.2, 0.25) is 5.91 Å². The third-order valence-corrected chi connectivity index (χ3v) is 4.83. The van der Waals surface area contributed by atoms with Gasteiger partial charge in [-0.05, 0) is 31.9 Å². The van der Waals surface area contributed by atoms with Crippen LogP contribution in [0.25, 0.3) is 0 Å². The third kappa shape index (κ3) is 5.34. The Hall–Kier alpha value is -1.79. The monoisotopic (exact) mass is 350 g/mol. The summed E-state index contributed by atoms with van der Waals surface area (Å²) in [6.45, 7) is 2.21. The first-order valence-electron chi connectivity index (χ1n) is 8.72. The lowest BCUT2D eigenvalue weighted by Gasteiger charge is -2.39. The number of methoxy groups -OCH3 is 2. The minimum absolute atomic E-state index is 0.0578. The van der Waals surface area contributed by atoms with Gasteiger partial charge in [0.15, 0.2) is 0 Å². The van der Waals surface area contributed by atoms with E-state index in [9.17, 15) is 9.90 Å². The Morgan fingerprint density at radius 1 is 1.32 bits per heavy atom. The zero-order chi connectivity index (χ0) is 18.4. The first-order chi connectivity index (χ1) is 11.9. The predicted molar refractivity (Wildman–Crippen MR) is 96.9 cm³/mol. The zero-order valence-corrected chi connectivity index (χ0v) is 15.7. The lowest BCUT2D eigenvalue weighted by atomic mass is 9.88. The van der Waals surface area contributed by atoms with Crippen molar-refractivity contribution < 1.29 is 19.4 Å². The van der Waals surface area contributed by atoms with E-state index in [-0.39, 0.29) is 5.91 Å². The average Bonchev–Trinajstić information content (AvgIpc) is 2.60. The van der Waals surface area contributed by atoms with E-state index in [1.807, 2.05) is 18.2 Å². The lowest BCUT2D eigenvalue weighted by Crippen LogP contribution is -2.48. The second-order valence-corrected chi connectivity index (χ2v) is 7.00. The van der Waals surface area contributed by atoms with E-state index in [1.165, 1.54) is 0 Å². The molecule has 0 saturated carbocycles. The smallest absolute Gasteiger partial charge is 0.222 e. The molecule has 2 rings (SSSR count). The van der Waals surface area contributed by atoms with Crippen LogP contribution in [0.5, 0.6) is 11.5 Å². The van der Waals surface area contributed by atoms with Gasteiger partial charge in [0.05, 0.1) is 19.8 Å². The van der Waals surface area contributed by atoms with Gasteiger partial charge in [-0.2, -0.15) is 0 Å². The topological polar surface area (TPSA) is 62.2 Å². The predicted octanol–water partition coefficient (Wildman–Crippen LogP) is 1.90. The molecule has 0 bridgehead atoms. The molecule has 1 aliphatic heterocycles. The number of carbonyl (C=O) groups excluding carboxylic acids is 1. The summed E-state index contributed by atoms with van der Waals surface area (Å²) < 4.78 is 10.7. The van der Waals surface area contributed by atoms with Crippen molar-refractivity contribution in [2.75, 3.05) is 41.4 Å². The van der Waals surface area contributed by atoms with Crippen molar-refractivity contribution in [2.45, 2.75) is 37.8 Å². The first-order valence-corrected chi connectivity index (χ1v) is 8.72. The number of carbonyl (C=O) groups is 1. The molecule has 1 N–H and O–H groups in total. The van der Waals surface area contributed by atoms with Crippen LogP contribution in [-0.2, 0) is 11.3 Å². The molecule has 1 amide bonds. The zero-order valence-electron chi connectivity index (χ0n) is 15.7. The van der Waals surface area contributed by atoms with Gasteiger partial charge in [0.1, 0.15) is 11.5 Å². The molecule has 1 heterocycles. The number of hydrogen-bond donors (Lipinski definition) is 1. The number of amides is 1. The maximum absolute atomic E-state index is 11.8. The summed E-state index contributed by atoms with van der Waals surface area (Å²) in [5, 5.41) is 10.9. The molecule has 1 saturated heterocycles. The van der Waals surface area contributed by atoms with Crippen molar-refractivity contribution in [3.63, 3.8) is 0 Å². The molecule has 6 heteroatoms. The van der Waals surface area contributed by atoms with Gasteiger partial charge < -0.3 is 19.5 Å². The number of β-amino-alcohol motifs (C(OH)–C–C–N with tert-alkyl or cyclic N) is 1. The van der Waals surface area contributed by atoms with Crippen LogP contribution in [0.1, 0.15) is 31.2 Å². The first kappa shape index (κ1) is 19.5. The van der Waals surface area contributed by atoms with Crippen LogP contribution in [-0.4, -0.2) is 67.8 Å². The van der Waals surface area contributed by atoms with Crippen LogP contribution < -0.4 is 9.47 Å². The maximum Gasteiger partial charge on any atom is 0.222 e. The number of ether oxygens (including phenoxy) is 2. The summed E-state index contributed by atoms with van der Waals surface area (Å²) >= 11 is 0. The quantitative estimate of drug-likeness (QED) is 0.814. The Bertz CT molecular complexity index is 591. The van der Waals surface area contributed by atoms with E-state index in [1.54, 1.807) is 33.2 Å².